The molecule has 0 saturated carbocycles. The van der Waals surface area contributed by atoms with Crippen molar-refractivity contribution in [3.05, 3.63) is 182 Å². The number of hydrogen-bond acceptors (Lipinski definition) is 2. The third kappa shape index (κ3) is 4.02. The lowest BCUT2D eigenvalue weighted by Crippen LogP contribution is -1.99. The van der Waals surface area contributed by atoms with Crippen LogP contribution in [-0.2, 0) is 0 Å². The predicted octanol–water partition coefficient (Wildman–Crippen LogP) is 12.8. The van der Waals surface area contributed by atoms with Crippen LogP contribution in [0.5, 0.6) is 0 Å². The van der Waals surface area contributed by atoms with Crippen LogP contribution in [-0.4, -0.2) is 19.1 Å². The van der Waals surface area contributed by atoms with Gasteiger partial charge in [0.1, 0.15) is 0 Å². The molecule has 0 saturated heterocycles. The maximum Gasteiger partial charge on any atom is 0.160 e. The third-order valence-corrected chi connectivity index (χ3v) is 11.3. The maximum absolute atomic E-state index is 5.43. The molecule has 3 heterocycles. The van der Waals surface area contributed by atoms with E-state index in [1.807, 2.05) is 6.07 Å². The third-order valence-electron chi connectivity index (χ3n) is 11.3. The maximum atomic E-state index is 5.43. The summed E-state index contributed by atoms with van der Waals surface area (Å²) in [5, 5.41) is 7.40. The summed E-state index contributed by atoms with van der Waals surface area (Å²) in [5.74, 6) is 0.721. The van der Waals surface area contributed by atoms with E-state index in [1.54, 1.807) is 0 Å². The second-order valence-electron chi connectivity index (χ2n) is 14.1. The second kappa shape index (κ2) is 11.1. The minimum Gasteiger partial charge on any atom is -0.309 e. The fraction of sp³-hybridized carbons (Fsp3) is 0. The van der Waals surface area contributed by atoms with Crippen LogP contribution in [0.15, 0.2) is 182 Å². The zero-order valence-corrected chi connectivity index (χ0v) is 29.1. The largest absolute Gasteiger partial charge is 0.309 e. The second-order valence-corrected chi connectivity index (χ2v) is 14.1. The summed E-state index contributed by atoms with van der Waals surface area (Å²) in [6, 6.07) is 65.2. The Hall–Kier alpha value is -7.30. The molecule has 1 aliphatic rings. The summed E-state index contributed by atoms with van der Waals surface area (Å²) in [6.07, 6.45) is 0. The van der Waals surface area contributed by atoms with Crippen LogP contribution in [0.3, 0.4) is 0 Å². The SMILES string of the molecule is c1ccc(-c2nc(-c3cccc(-n4c5ccccc5c5ccccc54)c3)c3c(n2)-c2cccc4c(-n5c6ccccc6c6ccccc65)ccc-3c24)cc1. The number of fused-ring (bicyclic) bond motifs is 9. The quantitative estimate of drug-likeness (QED) is 0.185. The lowest BCUT2D eigenvalue weighted by Gasteiger charge is -2.15. The van der Waals surface area contributed by atoms with E-state index in [9.17, 15) is 0 Å². The van der Waals surface area contributed by atoms with Crippen molar-refractivity contribution in [1.29, 1.82) is 0 Å². The van der Waals surface area contributed by atoms with Crippen LogP contribution in [0.4, 0.5) is 0 Å². The number of benzene rings is 8. The lowest BCUT2D eigenvalue weighted by atomic mass is 9.98. The van der Waals surface area contributed by atoms with Gasteiger partial charge >= 0.3 is 0 Å². The van der Waals surface area contributed by atoms with E-state index >= 15 is 0 Å². The van der Waals surface area contributed by atoms with Crippen LogP contribution in [0, 0.1) is 0 Å². The van der Waals surface area contributed by atoms with Crippen molar-refractivity contribution in [2.45, 2.75) is 0 Å². The van der Waals surface area contributed by atoms with Crippen LogP contribution in [0.2, 0.25) is 0 Å². The molecule has 0 radical (unpaired) electrons. The van der Waals surface area contributed by atoms with E-state index in [2.05, 4.69) is 185 Å². The van der Waals surface area contributed by atoms with Gasteiger partial charge in [-0.1, -0.05) is 140 Å². The fourth-order valence-corrected chi connectivity index (χ4v) is 9.00. The van der Waals surface area contributed by atoms with E-state index in [4.69, 9.17) is 9.97 Å². The minimum atomic E-state index is 0.721. The van der Waals surface area contributed by atoms with E-state index in [-0.39, 0.29) is 0 Å². The molecule has 0 fully saturated rings. The highest BCUT2D eigenvalue weighted by atomic mass is 15.0. The van der Waals surface area contributed by atoms with Gasteiger partial charge in [-0.15, -0.1) is 0 Å². The Bertz CT molecular complexity index is 3220. The average molecular weight is 687 g/mol. The summed E-state index contributed by atoms with van der Waals surface area (Å²) in [5.41, 5.74) is 14.4. The summed E-state index contributed by atoms with van der Waals surface area (Å²) >= 11 is 0. The lowest BCUT2D eigenvalue weighted by molar-refractivity contribution is 1.17. The van der Waals surface area contributed by atoms with Gasteiger partial charge in [-0.25, -0.2) is 9.97 Å². The van der Waals surface area contributed by atoms with Crippen molar-refractivity contribution in [1.82, 2.24) is 19.1 Å². The highest BCUT2D eigenvalue weighted by Gasteiger charge is 2.30. The fourth-order valence-electron chi connectivity index (χ4n) is 9.00. The Balaban J connectivity index is 1.13. The molecule has 4 nitrogen and oxygen atoms in total. The zero-order chi connectivity index (χ0) is 35.3. The Labute approximate surface area is 310 Å². The van der Waals surface area contributed by atoms with Crippen LogP contribution in [0.25, 0.3) is 111 Å². The molecular weight excluding hydrogens is 657 g/mol. The normalized spacial score (nSPS) is 12.1. The number of para-hydroxylation sites is 4. The van der Waals surface area contributed by atoms with E-state index in [0.717, 1.165) is 56.4 Å². The zero-order valence-electron chi connectivity index (χ0n) is 29.1. The van der Waals surface area contributed by atoms with Gasteiger partial charge in [0.05, 0.1) is 39.1 Å². The van der Waals surface area contributed by atoms with Gasteiger partial charge in [-0.3, -0.25) is 0 Å². The predicted molar refractivity (Wildman–Crippen MR) is 224 cm³/mol. The molecule has 0 atom stereocenters. The molecule has 8 aromatic carbocycles. The Morgan fingerprint density at radius 1 is 0.352 bits per heavy atom. The smallest absolute Gasteiger partial charge is 0.160 e. The molecule has 0 N–H and O–H groups in total. The first-order chi connectivity index (χ1) is 26.8. The van der Waals surface area contributed by atoms with Crippen LogP contribution in [0.1, 0.15) is 0 Å². The van der Waals surface area contributed by atoms with Gasteiger partial charge in [0.25, 0.3) is 0 Å². The molecule has 1 aliphatic carbocycles. The first kappa shape index (κ1) is 29.3. The van der Waals surface area contributed by atoms with Gasteiger partial charge in [-0.2, -0.15) is 0 Å². The summed E-state index contributed by atoms with van der Waals surface area (Å²) in [7, 11) is 0. The number of rotatable bonds is 4. The van der Waals surface area contributed by atoms with E-state index < -0.39 is 0 Å². The molecule has 0 spiro atoms. The molecule has 11 aromatic rings. The van der Waals surface area contributed by atoms with Crippen LogP contribution >= 0.6 is 0 Å². The van der Waals surface area contributed by atoms with Crippen molar-refractivity contribution in [3.63, 3.8) is 0 Å². The topological polar surface area (TPSA) is 35.6 Å². The number of nitrogens with zero attached hydrogens (tertiary/aromatic N) is 4. The molecule has 0 unspecified atom stereocenters. The van der Waals surface area contributed by atoms with Crippen molar-refractivity contribution in [2.24, 2.45) is 0 Å². The Kier molecular flexibility index (Phi) is 6.02. The van der Waals surface area contributed by atoms with Gasteiger partial charge < -0.3 is 9.13 Å². The monoisotopic (exact) mass is 686 g/mol. The first-order valence-corrected chi connectivity index (χ1v) is 18.4. The molecule has 0 aliphatic heterocycles. The molecule has 3 aromatic heterocycles. The van der Waals surface area contributed by atoms with Crippen molar-refractivity contribution >= 4 is 54.4 Å². The number of hydrogen-bond donors (Lipinski definition) is 0. The average Bonchev–Trinajstić information content (AvgIpc) is 3.88. The molecule has 0 amide bonds. The molecule has 12 rings (SSSR count). The molecular formula is C50H30N4. The van der Waals surface area contributed by atoms with Crippen molar-refractivity contribution in [2.75, 3.05) is 0 Å². The van der Waals surface area contributed by atoms with Crippen molar-refractivity contribution < 1.29 is 0 Å². The van der Waals surface area contributed by atoms with Gasteiger partial charge in [-0.05, 0) is 48.0 Å². The Morgan fingerprint density at radius 2 is 0.870 bits per heavy atom. The summed E-state index contributed by atoms with van der Waals surface area (Å²) < 4.78 is 4.80. The van der Waals surface area contributed by atoms with E-state index in [0.29, 0.717) is 0 Å². The van der Waals surface area contributed by atoms with E-state index in [1.165, 1.54) is 54.4 Å². The summed E-state index contributed by atoms with van der Waals surface area (Å²) in [4.78, 5) is 10.8. The highest BCUT2D eigenvalue weighted by Crippen LogP contribution is 2.52. The molecule has 0 bridgehead atoms. The highest BCUT2D eigenvalue weighted by molar-refractivity contribution is 6.20. The van der Waals surface area contributed by atoms with Crippen LogP contribution < -0.4 is 0 Å². The van der Waals surface area contributed by atoms with Crippen molar-refractivity contribution in [3.8, 4) is 56.4 Å². The molecule has 54 heavy (non-hydrogen) atoms. The minimum absolute atomic E-state index is 0.721. The standard InChI is InChI=1S/C50H30N4/c1-2-14-31(15-3-1)50-51-48(32-16-12-17-33(30-32)53-41-24-8-4-18-34(41)35-19-5-9-25-42(35)53)47-39-28-29-45(38-22-13-23-40(46(38)39)49(47)52-50)54-43-26-10-6-20-36(43)37-21-7-11-27-44(37)54/h1-30H. The van der Waals surface area contributed by atoms with Gasteiger partial charge in [0.2, 0.25) is 0 Å². The molecule has 250 valence electrons. The Morgan fingerprint density at radius 3 is 1.52 bits per heavy atom. The molecule has 4 heteroatoms. The van der Waals surface area contributed by atoms with Gasteiger partial charge in [0, 0.05) is 60.3 Å². The summed E-state index contributed by atoms with van der Waals surface area (Å²) in [6.45, 7) is 0. The van der Waals surface area contributed by atoms with Gasteiger partial charge in [0.15, 0.2) is 5.82 Å². The first-order valence-electron chi connectivity index (χ1n) is 18.4. The number of aromatic nitrogens is 4.